The molecule has 1 aliphatic heterocycles. The second-order valence-electron chi connectivity index (χ2n) is 7.08. The van der Waals surface area contributed by atoms with Crippen LogP contribution in [0.1, 0.15) is 13.8 Å². The van der Waals surface area contributed by atoms with E-state index in [0.29, 0.717) is 22.2 Å². The molecule has 0 bridgehead atoms. The van der Waals surface area contributed by atoms with E-state index in [2.05, 4.69) is 25.9 Å². The van der Waals surface area contributed by atoms with Gasteiger partial charge < -0.3 is 16.2 Å². The monoisotopic (exact) mass is 471 g/mol. The van der Waals surface area contributed by atoms with Gasteiger partial charge in [0.15, 0.2) is 5.75 Å². The highest BCUT2D eigenvalue weighted by Crippen LogP contribution is 2.42. The lowest BCUT2D eigenvalue weighted by Gasteiger charge is -2.39. The lowest BCUT2D eigenvalue weighted by molar-refractivity contribution is 0.470. The molecule has 0 saturated heterocycles. The molecule has 6 nitrogen and oxygen atoms in total. The van der Waals surface area contributed by atoms with Crippen LogP contribution >= 0.6 is 27.5 Å². The molecule has 148 valence electrons. The van der Waals surface area contributed by atoms with Crippen molar-refractivity contribution in [1.29, 1.82) is 0 Å². The summed E-state index contributed by atoms with van der Waals surface area (Å²) >= 11 is 9.95. The SMILES string of the molecule is CC1(C)N=C(N)N=C(N)N1c1cc(Cl)ccc1Oc1ccc2ccccc2c1Br. The number of aliphatic imine (C=N–C) groups is 2. The van der Waals surface area contributed by atoms with Gasteiger partial charge in [0.1, 0.15) is 11.4 Å². The number of rotatable bonds is 3. The van der Waals surface area contributed by atoms with Crippen molar-refractivity contribution in [3.8, 4) is 11.5 Å². The van der Waals surface area contributed by atoms with E-state index < -0.39 is 5.66 Å². The Kier molecular flexibility index (Phi) is 4.88. The number of hydrogen-bond acceptors (Lipinski definition) is 6. The Morgan fingerprint density at radius 1 is 1.03 bits per heavy atom. The second-order valence-corrected chi connectivity index (χ2v) is 8.31. The Balaban J connectivity index is 1.81. The van der Waals surface area contributed by atoms with Crippen molar-refractivity contribution in [3.63, 3.8) is 0 Å². The van der Waals surface area contributed by atoms with Crippen LogP contribution in [-0.2, 0) is 0 Å². The molecule has 4 rings (SSSR count). The predicted molar refractivity (Wildman–Crippen MR) is 123 cm³/mol. The van der Waals surface area contributed by atoms with Crippen molar-refractivity contribution < 1.29 is 4.74 Å². The molecule has 0 aromatic heterocycles. The van der Waals surface area contributed by atoms with E-state index in [-0.39, 0.29) is 11.9 Å². The fourth-order valence-electron chi connectivity index (χ4n) is 3.38. The zero-order chi connectivity index (χ0) is 20.8. The zero-order valence-corrected chi connectivity index (χ0v) is 18.2. The summed E-state index contributed by atoms with van der Waals surface area (Å²) in [5.41, 5.74) is 11.9. The number of hydrogen-bond donors (Lipinski definition) is 2. The molecular weight excluding hydrogens is 454 g/mol. The number of nitrogens with zero attached hydrogens (tertiary/aromatic N) is 3. The number of benzene rings is 3. The largest absolute Gasteiger partial charge is 0.454 e. The van der Waals surface area contributed by atoms with E-state index in [4.69, 9.17) is 27.8 Å². The predicted octanol–water partition coefficient (Wildman–Crippen LogP) is 5.23. The minimum absolute atomic E-state index is 0.130. The van der Waals surface area contributed by atoms with Crippen LogP contribution in [-0.4, -0.2) is 17.6 Å². The van der Waals surface area contributed by atoms with Gasteiger partial charge >= 0.3 is 0 Å². The molecule has 0 aliphatic carbocycles. The highest BCUT2D eigenvalue weighted by atomic mass is 79.9. The third-order valence-corrected chi connectivity index (χ3v) is 5.66. The van der Waals surface area contributed by atoms with Crippen molar-refractivity contribution in [2.75, 3.05) is 4.90 Å². The van der Waals surface area contributed by atoms with Crippen LogP contribution in [0.4, 0.5) is 5.69 Å². The van der Waals surface area contributed by atoms with Gasteiger partial charge in [0.2, 0.25) is 11.9 Å². The van der Waals surface area contributed by atoms with E-state index in [0.717, 1.165) is 15.2 Å². The molecular formula is C21H19BrClN5O. The van der Waals surface area contributed by atoms with Gasteiger partial charge in [-0.3, -0.25) is 4.90 Å². The lowest BCUT2D eigenvalue weighted by Crippen LogP contribution is -2.54. The minimum Gasteiger partial charge on any atom is -0.454 e. The number of nitrogens with two attached hydrogens (primary N) is 2. The third-order valence-electron chi connectivity index (χ3n) is 4.60. The molecule has 3 aromatic rings. The van der Waals surface area contributed by atoms with Crippen LogP contribution in [0.15, 0.2) is 69.1 Å². The first kappa shape index (κ1) is 19.5. The average molecular weight is 473 g/mol. The van der Waals surface area contributed by atoms with Gasteiger partial charge in [-0.2, -0.15) is 4.99 Å². The quantitative estimate of drug-likeness (QED) is 0.546. The summed E-state index contributed by atoms with van der Waals surface area (Å²) in [5.74, 6) is 1.57. The highest BCUT2D eigenvalue weighted by molar-refractivity contribution is 9.10. The second kappa shape index (κ2) is 7.24. The van der Waals surface area contributed by atoms with Crippen molar-refractivity contribution in [3.05, 3.63) is 64.1 Å². The summed E-state index contributed by atoms with van der Waals surface area (Å²) in [6.45, 7) is 3.77. The summed E-state index contributed by atoms with van der Waals surface area (Å²) < 4.78 is 7.15. The summed E-state index contributed by atoms with van der Waals surface area (Å²) in [5, 5.41) is 2.70. The topological polar surface area (TPSA) is 89.2 Å². The van der Waals surface area contributed by atoms with E-state index in [9.17, 15) is 0 Å². The fourth-order valence-corrected chi connectivity index (χ4v) is 4.12. The van der Waals surface area contributed by atoms with E-state index in [1.807, 2.05) is 50.2 Å². The maximum Gasteiger partial charge on any atom is 0.220 e. The van der Waals surface area contributed by atoms with E-state index in [1.165, 1.54) is 0 Å². The standard InChI is InChI=1S/C21H19BrClN5O/c1-21(2)27-19(24)26-20(25)28(21)15-11-13(23)8-10-16(15)29-17-9-7-12-5-3-4-6-14(12)18(17)22/h3-11H,1-2H3,(H4,24,25,26,27). The summed E-state index contributed by atoms with van der Waals surface area (Å²) in [6, 6.07) is 17.3. The van der Waals surface area contributed by atoms with Gasteiger partial charge in [-0.05, 0) is 64.8 Å². The molecule has 1 aliphatic rings. The molecule has 0 spiro atoms. The van der Waals surface area contributed by atoms with Crippen molar-refractivity contribution in [2.24, 2.45) is 21.5 Å². The molecule has 0 radical (unpaired) electrons. The van der Waals surface area contributed by atoms with Gasteiger partial charge in [0.05, 0.1) is 10.2 Å². The molecule has 3 aromatic carbocycles. The molecule has 29 heavy (non-hydrogen) atoms. The number of anilines is 1. The fraction of sp³-hybridized carbons (Fsp3) is 0.143. The van der Waals surface area contributed by atoms with Crippen LogP contribution in [0.2, 0.25) is 5.02 Å². The van der Waals surface area contributed by atoms with Crippen molar-refractivity contribution in [1.82, 2.24) is 0 Å². The maximum atomic E-state index is 6.29. The first-order valence-electron chi connectivity index (χ1n) is 8.90. The molecule has 0 fully saturated rings. The number of ether oxygens (including phenoxy) is 1. The number of halogens is 2. The Hall–Kier alpha value is -2.77. The van der Waals surface area contributed by atoms with Crippen LogP contribution in [0.25, 0.3) is 10.8 Å². The summed E-state index contributed by atoms with van der Waals surface area (Å²) in [7, 11) is 0. The maximum absolute atomic E-state index is 6.29. The van der Waals surface area contributed by atoms with Crippen LogP contribution in [0.3, 0.4) is 0 Å². The molecule has 0 unspecified atom stereocenters. The van der Waals surface area contributed by atoms with Crippen LogP contribution in [0.5, 0.6) is 11.5 Å². The molecule has 1 heterocycles. The van der Waals surface area contributed by atoms with Crippen molar-refractivity contribution >= 4 is 55.9 Å². The van der Waals surface area contributed by atoms with Crippen molar-refractivity contribution in [2.45, 2.75) is 19.5 Å². The number of fused-ring (bicyclic) bond motifs is 1. The number of guanidine groups is 2. The van der Waals surface area contributed by atoms with Gasteiger partial charge in [-0.1, -0.05) is 41.9 Å². The Morgan fingerprint density at radius 2 is 1.76 bits per heavy atom. The minimum atomic E-state index is -0.765. The first-order chi connectivity index (χ1) is 13.8. The Labute approximate surface area is 182 Å². The smallest absolute Gasteiger partial charge is 0.220 e. The molecule has 8 heteroatoms. The normalized spacial score (nSPS) is 15.8. The van der Waals surface area contributed by atoms with Crippen LogP contribution in [0, 0.1) is 0 Å². The first-order valence-corrected chi connectivity index (χ1v) is 10.1. The zero-order valence-electron chi connectivity index (χ0n) is 15.9. The average Bonchev–Trinajstić information content (AvgIpc) is 2.64. The van der Waals surface area contributed by atoms with Gasteiger partial charge in [-0.15, -0.1) is 0 Å². The van der Waals surface area contributed by atoms with Gasteiger partial charge in [0, 0.05) is 5.02 Å². The molecule has 0 amide bonds. The van der Waals surface area contributed by atoms with Crippen LogP contribution < -0.4 is 21.1 Å². The summed E-state index contributed by atoms with van der Waals surface area (Å²) in [6.07, 6.45) is 0. The third kappa shape index (κ3) is 3.63. The molecule has 0 saturated carbocycles. The summed E-state index contributed by atoms with van der Waals surface area (Å²) in [4.78, 5) is 10.3. The van der Waals surface area contributed by atoms with E-state index in [1.54, 1.807) is 23.1 Å². The molecule has 4 N–H and O–H groups in total. The Bertz CT molecular complexity index is 1170. The highest BCUT2D eigenvalue weighted by Gasteiger charge is 2.35. The van der Waals surface area contributed by atoms with Gasteiger partial charge in [-0.25, -0.2) is 4.99 Å². The lowest BCUT2D eigenvalue weighted by atomic mass is 10.1. The molecule has 0 atom stereocenters. The van der Waals surface area contributed by atoms with E-state index >= 15 is 0 Å². The van der Waals surface area contributed by atoms with Gasteiger partial charge in [0.25, 0.3) is 0 Å². The Morgan fingerprint density at radius 3 is 2.52 bits per heavy atom.